The summed E-state index contributed by atoms with van der Waals surface area (Å²) in [6.07, 6.45) is 2.31. The van der Waals surface area contributed by atoms with Crippen LogP contribution in [0.5, 0.6) is 0 Å². The van der Waals surface area contributed by atoms with Crippen LogP contribution in [0.1, 0.15) is 38.3 Å². The number of carbonyl (C=O) groups excluding carboxylic acids is 2. The molecule has 2 aromatic carbocycles. The van der Waals surface area contributed by atoms with Crippen molar-refractivity contribution in [2.45, 2.75) is 25.8 Å². The molecule has 0 saturated carbocycles. The highest BCUT2D eigenvalue weighted by Crippen LogP contribution is 2.39. The first-order valence-corrected chi connectivity index (χ1v) is 8.63. The number of rotatable bonds is 1. The second kappa shape index (κ2) is 5.17. The minimum Gasteiger partial charge on any atom is -0.465 e. The minimum absolute atomic E-state index is 0.127. The highest BCUT2D eigenvalue weighted by molar-refractivity contribution is 6.18. The lowest BCUT2D eigenvalue weighted by molar-refractivity contribution is 0.0601. The quantitative estimate of drug-likeness (QED) is 0.695. The Morgan fingerprint density at radius 2 is 2.04 bits per heavy atom. The van der Waals surface area contributed by atoms with Gasteiger partial charge in [-0.05, 0) is 54.3 Å². The molecule has 126 valence electrons. The highest BCUT2D eigenvalue weighted by atomic mass is 16.5. The molecule has 1 aromatic heterocycles. The minimum atomic E-state index is -0.354. The number of carbonyl (C=O) groups is 2. The van der Waals surface area contributed by atoms with Crippen molar-refractivity contribution < 1.29 is 14.3 Å². The summed E-state index contributed by atoms with van der Waals surface area (Å²) in [6.45, 7) is 1.77. The molecule has 5 heteroatoms. The molecular formula is C20H18N2O3. The Morgan fingerprint density at radius 3 is 2.88 bits per heavy atom. The summed E-state index contributed by atoms with van der Waals surface area (Å²) in [5.41, 5.74) is 6.28. The summed E-state index contributed by atoms with van der Waals surface area (Å²) in [4.78, 5) is 24.6. The van der Waals surface area contributed by atoms with E-state index >= 15 is 0 Å². The van der Waals surface area contributed by atoms with Gasteiger partial charge in [0, 0.05) is 23.7 Å². The molecule has 25 heavy (non-hydrogen) atoms. The molecule has 3 heterocycles. The Kier molecular flexibility index (Phi) is 3.03. The topological polar surface area (TPSA) is 60.3 Å². The van der Waals surface area contributed by atoms with Gasteiger partial charge in [-0.3, -0.25) is 9.36 Å². The van der Waals surface area contributed by atoms with Crippen molar-refractivity contribution in [1.82, 2.24) is 9.88 Å². The molecule has 0 fully saturated rings. The van der Waals surface area contributed by atoms with Crippen molar-refractivity contribution in [3.8, 4) is 0 Å². The number of aryl methyl sites for hydroxylation is 1. The summed E-state index contributed by atoms with van der Waals surface area (Å²) >= 11 is 0. The molecule has 0 atom stereocenters. The normalized spacial score (nSPS) is 16.3. The summed E-state index contributed by atoms with van der Waals surface area (Å²) in [5, 5.41) is 5.52. The summed E-state index contributed by atoms with van der Waals surface area (Å²) < 4.78 is 6.72. The second-order valence-corrected chi connectivity index (χ2v) is 6.78. The van der Waals surface area contributed by atoms with Gasteiger partial charge in [0.15, 0.2) is 0 Å². The van der Waals surface area contributed by atoms with E-state index < -0.39 is 0 Å². The highest BCUT2D eigenvalue weighted by Gasteiger charge is 2.27. The van der Waals surface area contributed by atoms with E-state index in [0.717, 1.165) is 47.7 Å². The number of benzene rings is 2. The monoisotopic (exact) mass is 334 g/mol. The van der Waals surface area contributed by atoms with Gasteiger partial charge >= 0.3 is 5.97 Å². The van der Waals surface area contributed by atoms with Crippen molar-refractivity contribution in [2.75, 3.05) is 13.7 Å². The fraction of sp³-hybridized carbons (Fsp3) is 0.300. The molecule has 2 aliphatic heterocycles. The maximum atomic E-state index is 12.6. The van der Waals surface area contributed by atoms with Crippen LogP contribution in [0.15, 0.2) is 24.3 Å². The largest absolute Gasteiger partial charge is 0.465 e. The third kappa shape index (κ3) is 1.93. The smallest absolute Gasteiger partial charge is 0.337 e. The van der Waals surface area contributed by atoms with E-state index in [-0.39, 0.29) is 11.9 Å². The van der Waals surface area contributed by atoms with Crippen LogP contribution in [-0.4, -0.2) is 30.1 Å². The molecule has 2 aliphatic rings. The molecule has 0 radical (unpaired) electrons. The zero-order chi connectivity index (χ0) is 17.1. The second-order valence-electron chi connectivity index (χ2n) is 6.78. The van der Waals surface area contributed by atoms with Gasteiger partial charge in [0.1, 0.15) is 0 Å². The lowest BCUT2D eigenvalue weighted by atomic mass is 9.90. The number of esters is 1. The van der Waals surface area contributed by atoms with Gasteiger partial charge in [-0.15, -0.1) is 0 Å². The third-order valence-electron chi connectivity index (χ3n) is 5.46. The van der Waals surface area contributed by atoms with E-state index in [9.17, 15) is 9.59 Å². The number of methoxy groups -OCH3 is 1. The van der Waals surface area contributed by atoms with E-state index in [1.54, 1.807) is 6.07 Å². The number of ether oxygens (including phenoxy) is 1. The van der Waals surface area contributed by atoms with E-state index in [0.29, 0.717) is 12.0 Å². The summed E-state index contributed by atoms with van der Waals surface area (Å²) in [5.74, 6) is -0.228. The standard InChI is InChI=1S/C20H18N2O3/c1-25-20(24)13-2-4-16-14(9-13)18-15-10-21-7-6-11(15)8-12-3-5-17(23)22(16)19(12)18/h2,4,8-9,21H,3,5-7,10H2,1H3. The van der Waals surface area contributed by atoms with Gasteiger partial charge in [-0.2, -0.15) is 0 Å². The number of hydrogen-bond acceptors (Lipinski definition) is 4. The van der Waals surface area contributed by atoms with E-state index in [1.807, 2.05) is 16.7 Å². The van der Waals surface area contributed by atoms with Crippen LogP contribution in [-0.2, 0) is 24.1 Å². The molecule has 0 spiro atoms. The SMILES string of the molecule is COC(=O)c1ccc2c(c1)c1c3c(cc4c1n2C(=O)CC4)CCNC3. The predicted molar refractivity (Wildman–Crippen MR) is 95.1 cm³/mol. The number of hydrogen-bond donors (Lipinski definition) is 1. The van der Waals surface area contributed by atoms with E-state index in [1.165, 1.54) is 23.8 Å². The molecule has 5 nitrogen and oxygen atoms in total. The van der Waals surface area contributed by atoms with Gasteiger partial charge in [-0.25, -0.2) is 4.79 Å². The number of aromatic nitrogens is 1. The predicted octanol–water partition coefficient (Wildman–Crippen LogP) is 2.81. The first kappa shape index (κ1) is 14.7. The first-order chi connectivity index (χ1) is 12.2. The van der Waals surface area contributed by atoms with Gasteiger partial charge in [-0.1, -0.05) is 6.07 Å². The molecular weight excluding hydrogens is 316 g/mol. The van der Waals surface area contributed by atoms with Crippen molar-refractivity contribution >= 4 is 33.7 Å². The lowest BCUT2D eigenvalue weighted by Gasteiger charge is -2.22. The van der Waals surface area contributed by atoms with E-state index in [2.05, 4.69) is 11.4 Å². The molecule has 0 amide bonds. The van der Waals surface area contributed by atoms with Crippen LogP contribution in [0.2, 0.25) is 0 Å². The van der Waals surface area contributed by atoms with Crippen LogP contribution in [0.3, 0.4) is 0 Å². The Hall–Kier alpha value is -2.66. The fourth-order valence-electron chi connectivity index (χ4n) is 4.34. The fourth-order valence-corrected chi connectivity index (χ4v) is 4.34. The first-order valence-electron chi connectivity index (χ1n) is 8.63. The lowest BCUT2D eigenvalue weighted by Crippen LogP contribution is -2.25. The average molecular weight is 334 g/mol. The molecule has 0 saturated heterocycles. The Morgan fingerprint density at radius 1 is 1.16 bits per heavy atom. The van der Waals surface area contributed by atoms with Crippen molar-refractivity contribution in [3.05, 3.63) is 46.5 Å². The van der Waals surface area contributed by atoms with Crippen LogP contribution >= 0.6 is 0 Å². The summed E-state index contributed by atoms with van der Waals surface area (Å²) in [7, 11) is 1.39. The zero-order valence-corrected chi connectivity index (χ0v) is 14.0. The van der Waals surface area contributed by atoms with Crippen LogP contribution < -0.4 is 5.32 Å². The van der Waals surface area contributed by atoms with Crippen LogP contribution in [0, 0.1) is 0 Å². The molecule has 0 unspecified atom stereocenters. The van der Waals surface area contributed by atoms with Crippen LogP contribution in [0.25, 0.3) is 21.8 Å². The number of nitrogens with zero attached hydrogens (tertiary/aromatic N) is 1. The van der Waals surface area contributed by atoms with Crippen molar-refractivity contribution in [3.63, 3.8) is 0 Å². The average Bonchev–Trinajstić information content (AvgIpc) is 3.00. The zero-order valence-electron chi connectivity index (χ0n) is 14.0. The molecule has 1 N–H and O–H groups in total. The maximum absolute atomic E-state index is 12.6. The Labute approximate surface area is 144 Å². The summed E-state index contributed by atoms with van der Waals surface area (Å²) in [6, 6.07) is 7.76. The third-order valence-corrected chi connectivity index (χ3v) is 5.46. The maximum Gasteiger partial charge on any atom is 0.337 e. The molecule has 0 bridgehead atoms. The molecule has 3 aromatic rings. The van der Waals surface area contributed by atoms with Gasteiger partial charge in [0.05, 0.1) is 23.7 Å². The van der Waals surface area contributed by atoms with E-state index in [4.69, 9.17) is 4.74 Å². The Balaban J connectivity index is 1.97. The number of fused-ring (bicyclic) bond motifs is 5. The molecule has 5 rings (SSSR count). The van der Waals surface area contributed by atoms with Crippen LogP contribution in [0.4, 0.5) is 0 Å². The number of nitrogens with one attached hydrogen (secondary N) is 1. The van der Waals surface area contributed by atoms with Gasteiger partial charge in [0.25, 0.3) is 0 Å². The van der Waals surface area contributed by atoms with Gasteiger partial charge in [0.2, 0.25) is 5.91 Å². The Bertz CT molecular complexity index is 1080. The molecule has 0 aliphatic carbocycles. The van der Waals surface area contributed by atoms with Crippen molar-refractivity contribution in [1.29, 1.82) is 0 Å². The van der Waals surface area contributed by atoms with Gasteiger partial charge < -0.3 is 10.1 Å². The van der Waals surface area contributed by atoms with Crippen molar-refractivity contribution in [2.24, 2.45) is 0 Å².